The second-order valence-corrected chi connectivity index (χ2v) is 7.14. The van der Waals surface area contributed by atoms with Gasteiger partial charge < -0.3 is 14.8 Å². The molecule has 3 rings (SSSR count). The number of rotatable bonds is 4. The van der Waals surface area contributed by atoms with Gasteiger partial charge >= 0.3 is 0 Å². The van der Waals surface area contributed by atoms with E-state index in [1.165, 1.54) is 0 Å². The lowest BCUT2D eigenvalue weighted by atomic mass is 10.0. The second-order valence-electron chi connectivity index (χ2n) is 6.27. The van der Waals surface area contributed by atoms with Crippen LogP contribution in [0.2, 0.25) is 10.0 Å². The number of carbonyl (C=O) groups excluding carboxylic acids is 1. The third kappa shape index (κ3) is 5.07. The van der Waals surface area contributed by atoms with E-state index >= 15 is 0 Å². The van der Waals surface area contributed by atoms with Crippen molar-refractivity contribution >= 4 is 29.1 Å². The molecule has 5 nitrogen and oxygen atoms in total. The summed E-state index contributed by atoms with van der Waals surface area (Å²) >= 11 is 12.1. The molecule has 2 fully saturated rings. The van der Waals surface area contributed by atoms with E-state index in [4.69, 9.17) is 32.7 Å². The zero-order chi connectivity index (χ0) is 16.9. The van der Waals surface area contributed by atoms with Gasteiger partial charge in [-0.1, -0.05) is 23.2 Å². The van der Waals surface area contributed by atoms with Crippen molar-refractivity contribution in [1.82, 2.24) is 10.2 Å². The largest absolute Gasteiger partial charge is 0.376 e. The predicted octanol–water partition coefficient (Wildman–Crippen LogP) is 2.49. The molecule has 1 aromatic carbocycles. The Labute approximate surface area is 152 Å². The fourth-order valence-electron chi connectivity index (χ4n) is 3.13. The SMILES string of the molecule is O=C(NC1CCN(Cc2cc(Cl)cc(Cl)c2)CC1)C1COCCO1. The van der Waals surface area contributed by atoms with Gasteiger partial charge in [0.1, 0.15) is 0 Å². The first kappa shape index (κ1) is 18.0. The Bertz CT molecular complexity index is 551. The Morgan fingerprint density at radius 2 is 1.88 bits per heavy atom. The van der Waals surface area contributed by atoms with E-state index < -0.39 is 6.10 Å². The third-order valence-corrected chi connectivity index (χ3v) is 4.81. The highest BCUT2D eigenvalue weighted by molar-refractivity contribution is 6.34. The molecule has 1 aromatic rings. The number of carbonyl (C=O) groups is 1. The highest BCUT2D eigenvalue weighted by atomic mass is 35.5. The quantitative estimate of drug-likeness (QED) is 0.881. The smallest absolute Gasteiger partial charge is 0.251 e. The average Bonchev–Trinajstić information content (AvgIpc) is 2.56. The summed E-state index contributed by atoms with van der Waals surface area (Å²) in [5, 5.41) is 4.40. The van der Waals surface area contributed by atoms with Gasteiger partial charge in [0, 0.05) is 35.7 Å². The van der Waals surface area contributed by atoms with E-state index in [0.717, 1.165) is 38.0 Å². The standard InChI is InChI=1S/C17H22Cl2N2O3/c18-13-7-12(8-14(19)9-13)10-21-3-1-15(2-4-21)20-17(22)16-11-23-5-6-24-16/h7-9,15-16H,1-6,10-11H2,(H,20,22). The molecule has 2 aliphatic heterocycles. The van der Waals surface area contributed by atoms with Gasteiger partial charge in [-0.05, 0) is 36.6 Å². The third-order valence-electron chi connectivity index (χ3n) is 4.37. The summed E-state index contributed by atoms with van der Waals surface area (Å²) in [4.78, 5) is 14.5. The number of ether oxygens (including phenoxy) is 2. The lowest BCUT2D eigenvalue weighted by Gasteiger charge is -2.33. The van der Waals surface area contributed by atoms with Gasteiger partial charge in [0.2, 0.25) is 0 Å². The van der Waals surface area contributed by atoms with E-state index in [0.29, 0.717) is 29.9 Å². The molecule has 0 aromatic heterocycles. The molecule has 1 atom stereocenters. The Hall–Kier alpha value is -0.850. The molecule has 132 valence electrons. The van der Waals surface area contributed by atoms with E-state index in [-0.39, 0.29) is 11.9 Å². The molecule has 0 spiro atoms. The highest BCUT2D eigenvalue weighted by Crippen LogP contribution is 2.21. The summed E-state index contributed by atoms with van der Waals surface area (Å²) in [7, 11) is 0. The van der Waals surface area contributed by atoms with Crippen LogP contribution in [0.1, 0.15) is 18.4 Å². The number of nitrogens with zero attached hydrogens (tertiary/aromatic N) is 1. The maximum atomic E-state index is 12.2. The van der Waals surface area contributed by atoms with Crippen LogP contribution in [-0.4, -0.2) is 55.9 Å². The fraction of sp³-hybridized carbons (Fsp3) is 0.588. The lowest BCUT2D eigenvalue weighted by Crippen LogP contribution is -2.50. The molecule has 0 saturated carbocycles. The van der Waals surface area contributed by atoms with Crippen molar-refractivity contribution < 1.29 is 14.3 Å². The molecule has 0 bridgehead atoms. The Balaban J connectivity index is 1.44. The first-order valence-electron chi connectivity index (χ1n) is 8.27. The zero-order valence-electron chi connectivity index (χ0n) is 13.5. The average molecular weight is 373 g/mol. The molecule has 0 radical (unpaired) electrons. The molecule has 1 N–H and O–H groups in total. The van der Waals surface area contributed by atoms with Gasteiger partial charge in [-0.2, -0.15) is 0 Å². The predicted molar refractivity (Wildman–Crippen MR) is 93.5 cm³/mol. The normalized spacial score (nSPS) is 23.2. The minimum atomic E-state index is -0.467. The molecule has 7 heteroatoms. The van der Waals surface area contributed by atoms with Crippen molar-refractivity contribution in [2.45, 2.75) is 31.5 Å². The van der Waals surface area contributed by atoms with Crippen LogP contribution >= 0.6 is 23.2 Å². The molecular formula is C17H22Cl2N2O3. The van der Waals surface area contributed by atoms with Gasteiger partial charge in [0.25, 0.3) is 5.91 Å². The van der Waals surface area contributed by atoms with Crippen LogP contribution < -0.4 is 5.32 Å². The van der Waals surface area contributed by atoms with E-state index in [1.54, 1.807) is 6.07 Å². The van der Waals surface area contributed by atoms with Crippen molar-refractivity contribution in [2.75, 3.05) is 32.9 Å². The van der Waals surface area contributed by atoms with E-state index in [2.05, 4.69) is 10.2 Å². The molecule has 1 unspecified atom stereocenters. The number of piperidine rings is 1. The second kappa shape index (κ2) is 8.50. The van der Waals surface area contributed by atoms with Gasteiger partial charge in [-0.25, -0.2) is 0 Å². The summed E-state index contributed by atoms with van der Waals surface area (Å²) in [6.45, 7) is 4.07. The van der Waals surface area contributed by atoms with Crippen molar-refractivity contribution in [2.24, 2.45) is 0 Å². The minimum Gasteiger partial charge on any atom is -0.376 e. The molecule has 0 aliphatic carbocycles. The summed E-state index contributed by atoms with van der Waals surface area (Å²) < 4.78 is 10.7. The molecule has 1 amide bonds. The zero-order valence-corrected chi connectivity index (χ0v) is 15.0. The van der Waals surface area contributed by atoms with Crippen LogP contribution in [0.25, 0.3) is 0 Å². The Morgan fingerprint density at radius 1 is 1.17 bits per heavy atom. The molecule has 2 saturated heterocycles. The highest BCUT2D eigenvalue weighted by Gasteiger charge is 2.27. The van der Waals surface area contributed by atoms with Crippen molar-refractivity contribution in [3.8, 4) is 0 Å². The van der Waals surface area contributed by atoms with E-state index in [9.17, 15) is 4.79 Å². The number of benzene rings is 1. The molecule has 24 heavy (non-hydrogen) atoms. The Morgan fingerprint density at radius 3 is 2.50 bits per heavy atom. The number of amides is 1. The number of hydrogen-bond acceptors (Lipinski definition) is 4. The monoisotopic (exact) mass is 372 g/mol. The van der Waals surface area contributed by atoms with Crippen LogP contribution in [0, 0.1) is 0 Å². The van der Waals surface area contributed by atoms with Gasteiger partial charge in [0.05, 0.1) is 19.8 Å². The maximum absolute atomic E-state index is 12.2. The van der Waals surface area contributed by atoms with Crippen molar-refractivity contribution in [3.05, 3.63) is 33.8 Å². The molecule has 2 heterocycles. The van der Waals surface area contributed by atoms with Gasteiger partial charge in [0.15, 0.2) is 6.10 Å². The van der Waals surface area contributed by atoms with Crippen molar-refractivity contribution in [1.29, 1.82) is 0 Å². The van der Waals surface area contributed by atoms with Crippen LogP contribution in [0.4, 0.5) is 0 Å². The molecular weight excluding hydrogens is 351 g/mol. The molecule has 2 aliphatic rings. The van der Waals surface area contributed by atoms with E-state index in [1.807, 2.05) is 12.1 Å². The Kier molecular flexibility index (Phi) is 6.36. The van der Waals surface area contributed by atoms with Gasteiger partial charge in [-0.15, -0.1) is 0 Å². The van der Waals surface area contributed by atoms with Crippen LogP contribution in [0.15, 0.2) is 18.2 Å². The minimum absolute atomic E-state index is 0.0604. The summed E-state index contributed by atoms with van der Waals surface area (Å²) in [5.74, 6) is -0.0604. The summed E-state index contributed by atoms with van der Waals surface area (Å²) in [6, 6.07) is 5.83. The summed E-state index contributed by atoms with van der Waals surface area (Å²) in [5.41, 5.74) is 1.11. The first-order valence-corrected chi connectivity index (χ1v) is 9.03. The topological polar surface area (TPSA) is 50.8 Å². The lowest BCUT2D eigenvalue weighted by molar-refractivity contribution is -0.148. The number of hydrogen-bond donors (Lipinski definition) is 1. The first-order chi connectivity index (χ1) is 11.6. The fourth-order valence-corrected chi connectivity index (χ4v) is 3.70. The van der Waals surface area contributed by atoms with Crippen LogP contribution in [0.3, 0.4) is 0 Å². The maximum Gasteiger partial charge on any atom is 0.251 e. The summed E-state index contributed by atoms with van der Waals surface area (Å²) in [6.07, 6.45) is 1.38. The van der Waals surface area contributed by atoms with Gasteiger partial charge in [-0.3, -0.25) is 9.69 Å². The number of likely N-dealkylation sites (tertiary alicyclic amines) is 1. The van der Waals surface area contributed by atoms with Crippen LogP contribution in [-0.2, 0) is 20.8 Å². The van der Waals surface area contributed by atoms with Crippen molar-refractivity contribution in [3.63, 3.8) is 0 Å². The number of nitrogens with one attached hydrogen (secondary N) is 1. The number of halogens is 2. The van der Waals surface area contributed by atoms with Crippen LogP contribution in [0.5, 0.6) is 0 Å².